The summed E-state index contributed by atoms with van der Waals surface area (Å²) in [5, 5.41) is 0. The summed E-state index contributed by atoms with van der Waals surface area (Å²) >= 11 is 0. The summed E-state index contributed by atoms with van der Waals surface area (Å²) in [7, 11) is -1.42. The van der Waals surface area contributed by atoms with E-state index in [1.807, 2.05) is 43.1 Å². The summed E-state index contributed by atoms with van der Waals surface area (Å²) in [6.07, 6.45) is 3.74. The Morgan fingerprint density at radius 3 is 1.88 bits per heavy atom. The summed E-state index contributed by atoms with van der Waals surface area (Å²) in [6.45, 7) is 6.05. The Hall–Kier alpha value is -1.42. The van der Waals surface area contributed by atoms with Crippen LogP contribution in [0, 0.1) is 0 Å². The second-order valence-corrected chi connectivity index (χ2v) is 8.67. The Morgan fingerprint density at radius 2 is 1.36 bits per heavy atom. The van der Waals surface area contributed by atoms with Gasteiger partial charge in [-0.25, -0.2) is 0 Å². The Bertz CT molecular complexity index is 675. The van der Waals surface area contributed by atoms with Crippen LogP contribution < -0.4 is 0 Å². The van der Waals surface area contributed by atoms with E-state index in [-0.39, 0.29) is 11.9 Å². The highest BCUT2D eigenvalue weighted by atomic mass is 32.2. The number of likely N-dealkylation sites (N-methyl/N-ethyl adjacent to an activating group) is 1. The van der Waals surface area contributed by atoms with E-state index in [0.717, 1.165) is 13.1 Å². The molecule has 0 aromatic carbocycles. The molecule has 1 amide bonds. The maximum absolute atomic E-state index is 12.8. The van der Waals surface area contributed by atoms with E-state index in [1.165, 1.54) is 4.31 Å². The molecule has 1 aromatic rings. The summed E-state index contributed by atoms with van der Waals surface area (Å²) in [6, 6.07) is 3.52. The first-order valence-corrected chi connectivity index (χ1v) is 10.1. The van der Waals surface area contributed by atoms with Gasteiger partial charge in [-0.15, -0.1) is 0 Å². The van der Waals surface area contributed by atoms with Crippen molar-refractivity contribution in [2.24, 2.45) is 0 Å². The first kappa shape index (κ1) is 18.4. The minimum Gasteiger partial charge on any atom is -0.342 e. The molecule has 0 N–H and O–H groups in total. The number of carbonyl (C=O) groups is 1. The van der Waals surface area contributed by atoms with E-state index in [1.54, 1.807) is 9.21 Å². The lowest BCUT2D eigenvalue weighted by atomic mass is 10.2. The van der Waals surface area contributed by atoms with E-state index < -0.39 is 10.2 Å². The fraction of sp³-hybridized carbons (Fsp3) is 0.688. The summed E-state index contributed by atoms with van der Waals surface area (Å²) in [5.74, 6) is 0.0350. The number of hydrogen-bond acceptors (Lipinski definition) is 4. The van der Waals surface area contributed by atoms with Crippen molar-refractivity contribution < 1.29 is 13.2 Å². The first-order chi connectivity index (χ1) is 11.9. The van der Waals surface area contributed by atoms with Crippen LogP contribution >= 0.6 is 0 Å². The molecule has 0 saturated carbocycles. The van der Waals surface area contributed by atoms with E-state index in [9.17, 15) is 13.2 Å². The Morgan fingerprint density at radius 1 is 0.880 bits per heavy atom. The van der Waals surface area contributed by atoms with Crippen LogP contribution in [0.3, 0.4) is 0 Å². The van der Waals surface area contributed by atoms with Crippen molar-refractivity contribution in [1.82, 2.24) is 23.0 Å². The third-order valence-corrected chi connectivity index (χ3v) is 7.13. The standard InChI is InChI=1S/C16H27N5O3S/c1-15(18-5-3-4-6-18)16(22)19-9-13-21(14-10-19)25(23,24)20-11-7-17(2)8-12-20/h3-6,15H,7-14H2,1-2H3. The molecule has 3 rings (SSSR count). The van der Waals surface area contributed by atoms with Gasteiger partial charge in [-0.1, -0.05) is 0 Å². The molecule has 2 aliphatic heterocycles. The van der Waals surface area contributed by atoms with Gasteiger partial charge >= 0.3 is 0 Å². The van der Waals surface area contributed by atoms with Crippen LogP contribution in [0.25, 0.3) is 0 Å². The van der Waals surface area contributed by atoms with Gasteiger partial charge in [0.15, 0.2) is 0 Å². The minimum atomic E-state index is -3.42. The predicted octanol–water partition coefficient (Wildman–Crippen LogP) is -0.314. The van der Waals surface area contributed by atoms with Gasteiger partial charge in [0.25, 0.3) is 10.2 Å². The molecule has 140 valence electrons. The third kappa shape index (κ3) is 3.89. The van der Waals surface area contributed by atoms with Crippen molar-refractivity contribution in [3.8, 4) is 0 Å². The van der Waals surface area contributed by atoms with Crippen LogP contribution in [0.2, 0.25) is 0 Å². The topological polar surface area (TPSA) is 69.1 Å². The average molecular weight is 369 g/mol. The molecule has 0 spiro atoms. The molecular weight excluding hydrogens is 342 g/mol. The number of piperazine rings is 2. The second kappa shape index (κ2) is 7.45. The van der Waals surface area contributed by atoms with E-state index in [0.29, 0.717) is 39.3 Å². The van der Waals surface area contributed by atoms with Crippen LogP contribution in [0.15, 0.2) is 24.5 Å². The molecule has 1 atom stereocenters. The Balaban J connectivity index is 1.57. The molecule has 3 heterocycles. The Labute approximate surface area is 149 Å². The number of carbonyl (C=O) groups excluding carboxylic acids is 1. The second-order valence-electron chi connectivity index (χ2n) is 6.74. The van der Waals surface area contributed by atoms with Crippen LogP contribution in [-0.2, 0) is 15.0 Å². The van der Waals surface area contributed by atoms with Gasteiger partial charge < -0.3 is 14.4 Å². The molecule has 2 fully saturated rings. The first-order valence-electron chi connectivity index (χ1n) is 8.74. The van der Waals surface area contributed by atoms with Gasteiger partial charge in [-0.3, -0.25) is 4.79 Å². The quantitative estimate of drug-likeness (QED) is 0.730. The monoisotopic (exact) mass is 369 g/mol. The molecule has 0 bridgehead atoms. The van der Waals surface area contributed by atoms with Crippen LogP contribution in [0.4, 0.5) is 0 Å². The minimum absolute atomic E-state index is 0.0350. The van der Waals surface area contributed by atoms with Crippen LogP contribution in [0.5, 0.6) is 0 Å². The van der Waals surface area contributed by atoms with Crippen molar-refractivity contribution >= 4 is 16.1 Å². The number of hydrogen-bond donors (Lipinski definition) is 0. The van der Waals surface area contributed by atoms with Gasteiger partial charge in [0.05, 0.1) is 0 Å². The van der Waals surface area contributed by atoms with Crippen LogP contribution in [-0.4, -0.2) is 96.7 Å². The number of amides is 1. The zero-order valence-electron chi connectivity index (χ0n) is 14.9. The predicted molar refractivity (Wildman–Crippen MR) is 95.3 cm³/mol. The molecule has 0 aliphatic carbocycles. The zero-order chi connectivity index (χ0) is 18.0. The molecule has 9 heteroatoms. The van der Waals surface area contributed by atoms with Gasteiger partial charge in [0.1, 0.15) is 6.04 Å². The number of nitrogens with zero attached hydrogens (tertiary/aromatic N) is 5. The van der Waals surface area contributed by atoms with Crippen molar-refractivity contribution in [2.75, 3.05) is 59.4 Å². The van der Waals surface area contributed by atoms with Gasteiger partial charge in [-0.05, 0) is 26.1 Å². The average Bonchev–Trinajstić information content (AvgIpc) is 3.15. The van der Waals surface area contributed by atoms with Crippen molar-refractivity contribution in [1.29, 1.82) is 0 Å². The van der Waals surface area contributed by atoms with Gasteiger partial charge in [-0.2, -0.15) is 17.0 Å². The maximum Gasteiger partial charge on any atom is 0.282 e. The molecule has 25 heavy (non-hydrogen) atoms. The van der Waals surface area contributed by atoms with Crippen LogP contribution in [0.1, 0.15) is 13.0 Å². The molecule has 1 unspecified atom stereocenters. The van der Waals surface area contributed by atoms with Crippen molar-refractivity contribution in [3.63, 3.8) is 0 Å². The molecule has 8 nitrogen and oxygen atoms in total. The third-order valence-electron chi connectivity index (χ3n) is 5.10. The van der Waals surface area contributed by atoms with Gasteiger partial charge in [0.2, 0.25) is 5.91 Å². The van der Waals surface area contributed by atoms with E-state index in [2.05, 4.69) is 4.90 Å². The number of aromatic nitrogens is 1. The molecule has 2 saturated heterocycles. The molecule has 2 aliphatic rings. The fourth-order valence-electron chi connectivity index (χ4n) is 3.32. The van der Waals surface area contributed by atoms with Crippen molar-refractivity contribution in [2.45, 2.75) is 13.0 Å². The molecular formula is C16H27N5O3S. The lowest BCUT2D eigenvalue weighted by Crippen LogP contribution is -2.57. The van der Waals surface area contributed by atoms with Gasteiger partial charge in [0, 0.05) is 64.8 Å². The fourth-order valence-corrected chi connectivity index (χ4v) is 4.90. The normalized spacial score (nSPS) is 22.9. The highest BCUT2D eigenvalue weighted by Crippen LogP contribution is 2.17. The highest BCUT2D eigenvalue weighted by Gasteiger charge is 2.35. The maximum atomic E-state index is 12.8. The van der Waals surface area contributed by atoms with E-state index in [4.69, 9.17) is 0 Å². The highest BCUT2D eigenvalue weighted by molar-refractivity contribution is 7.86. The zero-order valence-corrected chi connectivity index (χ0v) is 15.7. The Kier molecular flexibility index (Phi) is 5.47. The summed E-state index contributed by atoms with van der Waals surface area (Å²) in [4.78, 5) is 16.5. The largest absolute Gasteiger partial charge is 0.342 e. The molecule has 1 aromatic heterocycles. The van der Waals surface area contributed by atoms with E-state index >= 15 is 0 Å². The lowest BCUT2D eigenvalue weighted by Gasteiger charge is -2.39. The molecule has 0 radical (unpaired) electrons. The number of rotatable bonds is 4. The SMILES string of the molecule is CC(C(=O)N1CCN(S(=O)(=O)N2CCN(C)CC2)CC1)n1cccc1. The van der Waals surface area contributed by atoms with Crippen molar-refractivity contribution in [3.05, 3.63) is 24.5 Å². The summed E-state index contributed by atoms with van der Waals surface area (Å²) in [5.41, 5.74) is 0. The lowest BCUT2D eigenvalue weighted by molar-refractivity contribution is -0.135. The summed E-state index contributed by atoms with van der Waals surface area (Å²) < 4.78 is 30.5. The smallest absolute Gasteiger partial charge is 0.282 e.